The molecule has 0 aromatic heterocycles. The van der Waals surface area contributed by atoms with Gasteiger partial charge in [-0.15, -0.1) is 0 Å². The summed E-state index contributed by atoms with van der Waals surface area (Å²) < 4.78 is 0. The maximum absolute atomic E-state index is 13.3. The highest BCUT2D eigenvalue weighted by Gasteiger charge is 2.34. The van der Waals surface area contributed by atoms with E-state index >= 15 is 0 Å². The highest BCUT2D eigenvalue weighted by molar-refractivity contribution is 5.94. The maximum Gasteiger partial charge on any atom is 0.328 e. The van der Waals surface area contributed by atoms with E-state index in [-0.39, 0.29) is 25.0 Å². The van der Waals surface area contributed by atoms with Crippen molar-refractivity contribution in [3.8, 4) is 5.75 Å². The van der Waals surface area contributed by atoms with Crippen LogP contribution in [-0.2, 0) is 30.4 Å². The number of amides is 3. The summed E-state index contributed by atoms with van der Waals surface area (Å²) in [7, 11) is 0. The Morgan fingerprint density at radius 2 is 1.46 bits per heavy atom. The molecule has 0 aliphatic rings. The number of aliphatic hydroxyl groups excluding tert-OH is 1. The summed E-state index contributed by atoms with van der Waals surface area (Å²) in [6.07, 6.45) is -1.54. The van der Waals surface area contributed by atoms with Crippen molar-refractivity contribution >= 4 is 29.7 Å². The zero-order chi connectivity index (χ0) is 28.3. The van der Waals surface area contributed by atoms with Gasteiger partial charge in [0.25, 0.3) is 0 Å². The summed E-state index contributed by atoms with van der Waals surface area (Å²) in [5.74, 6) is -5.42. The molecule has 37 heavy (non-hydrogen) atoms. The summed E-state index contributed by atoms with van der Waals surface area (Å²) in [5, 5.41) is 44.6. The number of nitrogens with one attached hydrogen (secondary N) is 3. The van der Waals surface area contributed by atoms with Crippen molar-refractivity contribution in [1.29, 1.82) is 0 Å². The Morgan fingerprint density at radius 3 is 1.95 bits per heavy atom. The Hall–Kier alpha value is -3.71. The second-order valence-electron chi connectivity index (χ2n) is 8.91. The molecule has 9 N–H and O–H groups in total. The van der Waals surface area contributed by atoms with E-state index in [1.165, 1.54) is 31.2 Å². The summed E-state index contributed by atoms with van der Waals surface area (Å²) in [6, 6.07) is 0.607. The molecule has 0 bridgehead atoms. The average molecular weight is 525 g/mol. The molecule has 13 nitrogen and oxygen atoms in total. The van der Waals surface area contributed by atoms with Crippen LogP contribution in [0.1, 0.15) is 45.6 Å². The van der Waals surface area contributed by atoms with Gasteiger partial charge in [0.15, 0.2) is 6.04 Å². The molecule has 6 atom stereocenters. The number of carboxylic acids is 2. The van der Waals surface area contributed by atoms with Crippen LogP contribution in [0.3, 0.4) is 0 Å². The predicted octanol–water partition coefficient (Wildman–Crippen LogP) is -0.907. The number of carbonyl (C=O) groups excluding carboxylic acids is 3. The first-order valence-electron chi connectivity index (χ1n) is 11.8. The number of aliphatic hydroxyl groups is 1. The third-order valence-electron chi connectivity index (χ3n) is 5.85. The van der Waals surface area contributed by atoms with Crippen molar-refractivity contribution in [2.75, 3.05) is 0 Å². The number of phenolic OH excluding ortho intramolecular Hbond substituents is 1. The maximum atomic E-state index is 13.3. The van der Waals surface area contributed by atoms with Crippen LogP contribution in [0.4, 0.5) is 0 Å². The van der Waals surface area contributed by atoms with Crippen LogP contribution in [-0.4, -0.2) is 80.4 Å². The van der Waals surface area contributed by atoms with Gasteiger partial charge in [0, 0.05) is 12.8 Å². The van der Waals surface area contributed by atoms with E-state index in [0.29, 0.717) is 12.0 Å². The first-order valence-corrected chi connectivity index (χ1v) is 11.8. The molecule has 0 heterocycles. The van der Waals surface area contributed by atoms with Crippen molar-refractivity contribution in [2.24, 2.45) is 11.7 Å². The van der Waals surface area contributed by atoms with Gasteiger partial charge in [0.1, 0.15) is 17.8 Å². The fraction of sp³-hybridized carbons (Fsp3) is 0.542. The zero-order valence-corrected chi connectivity index (χ0v) is 21.0. The van der Waals surface area contributed by atoms with E-state index in [1.807, 2.05) is 0 Å². The standard InChI is InChI=1S/C24H36N4O9/c1-4-12(2)19(23(35)28-20(13(3)29)24(36)37)27-22(34)17(11-14-5-7-15(30)8-6-14)26-21(33)16(25)9-10-18(31)32/h5-8,12-13,16-17,19-20,29-30H,4,9-11,25H2,1-3H3,(H,26,33)(H,27,34)(H,28,35)(H,31,32)(H,36,37). The molecule has 1 rings (SSSR count). The molecule has 0 saturated heterocycles. The molecule has 0 spiro atoms. The third-order valence-corrected chi connectivity index (χ3v) is 5.85. The Balaban J connectivity index is 3.16. The van der Waals surface area contributed by atoms with E-state index < -0.39 is 65.8 Å². The van der Waals surface area contributed by atoms with Gasteiger partial charge in [-0.1, -0.05) is 32.4 Å². The van der Waals surface area contributed by atoms with Crippen LogP contribution in [0.15, 0.2) is 24.3 Å². The van der Waals surface area contributed by atoms with Crippen LogP contribution < -0.4 is 21.7 Å². The quantitative estimate of drug-likeness (QED) is 0.141. The number of aliphatic carboxylic acids is 2. The number of hydrogen-bond donors (Lipinski definition) is 8. The second kappa shape index (κ2) is 14.8. The largest absolute Gasteiger partial charge is 0.508 e. The lowest BCUT2D eigenvalue weighted by atomic mass is 9.96. The number of hydrogen-bond acceptors (Lipinski definition) is 8. The molecule has 13 heteroatoms. The number of phenols is 1. The minimum atomic E-state index is -1.60. The third kappa shape index (κ3) is 10.4. The van der Waals surface area contributed by atoms with E-state index in [4.69, 9.17) is 10.8 Å². The number of carbonyl (C=O) groups is 5. The first-order chi connectivity index (χ1) is 17.3. The lowest BCUT2D eigenvalue weighted by molar-refractivity contribution is -0.145. The fourth-order valence-electron chi connectivity index (χ4n) is 3.35. The highest BCUT2D eigenvalue weighted by atomic mass is 16.4. The van der Waals surface area contributed by atoms with E-state index in [9.17, 15) is 39.3 Å². The van der Waals surface area contributed by atoms with Crippen molar-refractivity contribution in [3.63, 3.8) is 0 Å². The summed E-state index contributed by atoms with van der Waals surface area (Å²) in [4.78, 5) is 61.0. The van der Waals surface area contributed by atoms with Gasteiger partial charge in [-0.3, -0.25) is 19.2 Å². The first kappa shape index (κ1) is 31.3. The van der Waals surface area contributed by atoms with Gasteiger partial charge in [0.05, 0.1) is 12.1 Å². The average Bonchev–Trinajstić information content (AvgIpc) is 2.83. The lowest BCUT2D eigenvalue weighted by Gasteiger charge is -2.28. The normalized spacial score (nSPS) is 15.8. The SMILES string of the molecule is CCC(C)C(NC(=O)C(Cc1ccc(O)cc1)NC(=O)C(N)CCC(=O)O)C(=O)NC(C(=O)O)C(C)O. The number of carboxylic acid groups (broad SMARTS) is 2. The van der Waals surface area contributed by atoms with Gasteiger partial charge in [0.2, 0.25) is 17.7 Å². The number of benzene rings is 1. The molecule has 6 unspecified atom stereocenters. The molecule has 0 fully saturated rings. The van der Waals surface area contributed by atoms with Crippen LogP contribution in [0, 0.1) is 5.92 Å². The minimum Gasteiger partial charge on any atom is -0.508 e. The van der Waals surface area contributed by atoms with Crippen molar-refractivity contribution in [2.45, 2.75) is 76.7 Å². The minimum absolute atomic E-state index is 0.0101. The zero-order valence-electron chi connectivity index (χ0n) is 21.0. The molecule has 0 saturated carbocycles. The topological polar surface area (TPSA) is 228 Å². The Kier molecular flexibility index (Phi) is 12.5. The van der Waals surface area contributed by atoms with Gasteiger partial charge >= 0.3 is 11.9 Å². The van der Waals surface area contributed by atoms with E-state index in [0.717, 1.165) is 0 Å². The molecule has 206 valence electrons. The van der Waals surface area contributed by atoms with Crippen LogP contribution in [0.2, 0.25) is 0 Å². The molecule has 0 radical (unpaired) electrons. The summed E-state index contributed by atoms with van der Waals surface area (Å²) >= 11 is 0. The van der Waals surface area contributed by atoms with Crippen LogP contribution >= 0.6 is 0 Å². The fourth-order valence-corrected chi connectivity index (χ4v) is 3.35. The number of nitrogens with two attached hydrogens (primary N) is 1. The van der Waals surface area contributed by atoms with Gasteiger partial charge in [-0.25, -0.2) is 4.79 Å². The molecule has 0 aliphatic heterocycles. The highest BCUT2D eigenvalue weighted by Crippen LogP contribution is 2.14. The molecule has 1 aromatic carbocycles. The van der Waals surface area contributed by atoms with Crippen LogP contribution in [0.25, 0.3) is 0 Å². The van der Waals surface area contributed by atoms with Gasteiger partial charge in [-0.2, -0.15) is 0 Å². The van der Waals surface area contributed by atoms with Crippen LogP contribution in [0.5, 0.6) is 5.75 Å². The molecule has 0 aliphatic carbocycles. The van der Waals surface area contributed by atoms with E-state index in [2.05, 4.69) is 16.0 Å². The predicted molar refractivity (Wildman–Crippen MR) is 131 cm³/mol. The monoisotopic (exact) mass is 524 g/mol. The molecule has 1 aromatic rings. The lowest BCUT2D eigenvalue weighted by Crippen LogP contribution is -2.60. The second-order valence-corrected chi connectivity index (χ2v) is 8.91. The van der Waals surface area contributed by atoms with E-state index in [1.54, 1.807) is 13.8 Å². The smallest absolute Gasteiger partial charge is 0.328 e. The summed E-state index contributed by atoms with van der Waals surface area (Å²) in [5.41, 5.74) is 6.33. The van der Waals surface area contributed by atoms with Crippen molar-refractivity contribution < 1.29 is 44.4 Å². The Morgan fingerprint density at radius 1 is 0.892 bits per heavy atom. The Bertz CT molecular complexity index is 952. The van der Waals surface area contributed by atoms with Gasteiger partial charge in [-0.05, 0) is 37.0 Å². The van der Waals surface area contributed by atoms with Crippen molar-refractivity contribution in [1.82, 2.24) is 16.0 Å². The molecule has 3 amide bonds. The number of aromatic hydroxyl groups is 1. The van der Waals surface area contributed by atoms with Gasteiger partial charge < -0.3 is 42.1 Å². The summed E-state index contributed by atoms with van der Waals surface area (Å²) in [6.45, 7) is 4.63. The molecular weight excluding hydrogens is 488 g/mol. The van der Waals surface area contributed by atoms with Crippen molar-refractivity contribution in [3.05, 3.63) is 29.8 Å². The molecular formula is C24H36N4O9. The Labute approximate surface area is 214 Å². The number of rotatable bonds is 15.